The van der Waals surface area contributed by atoms with Crippen LogP contribution in [0.2, 0.25) is 0 Å². The van der Waals surface area contributed by atoms with E-state index in [1.54, 1.807) is 0 Å². The lowest BCUT2D eigenvalue weighted by Crippen LogP contribution is -2.44. The van der Waals surface area contributed by atoms with E-state index >= 15 is 0 Å². The third-order valence-electron chi connectivity index (χ3n) is 3.02. The van der Waals surface area contributed by atoms with Crippen LogP contribution < -0.4 is 0 Å². The number of Topliss-reactive ketones (excluding diaryl/α,β-unsaturated/α-hetero) is 1. The zero-order valence-corrected chi connectivity index (χ0v) is 9.03. The summed E-state index contributed by atoms with van der Waals surface area (Å²) in [5.41, 5.74) is 0. The molecule has 1 rings (SSSR count). The standard InChI is InChI=1S/C10H18OS/c1-7(2)10(12)6-4-5-8(3)9(10)11/h7-8,12H,4-6H2,1-3H3. The summed E-state index contributed by atoms with van der Waals surface area (Å²) in [5.74, 6) is 0.932. The molecule has 2 atom stereocenters. The average Bonchev–Trinajstić information content (AvgIpc) is 2.00. The van der Waals surface area contributed by atoms with E-state index in [-0.39, 0.29) is 10.7 Å². The molecule has 0 aromatic carbocycles. The molecule has 0 radical (unpaired) electrons. The van der Waals surface area contributed by atoms with E-state index in [0.29, 0.717) is 11.7 Å². The molecule has 70 valence electrons. The van der Waals surface area contributed by atoms with Crippen LogP contribution >= 0.6 is 12.6 Å². The maximum atomic E-state index is 11.8. The van der Waals surface area contributed by atoms with Crippen molar-refractivity contribution >= 4 is 18.4 Å². The number of hydrogen-bond acceptors (Lipinski definition) is 2. The van der Waals surface area contributed by atoms with Crippen molar-refractivity contribution in [1.29, 1.82) is 0 Å². The number of hydrogen-bond donors (Lipinski definition) is 1. The molecule has 0 N–H and O–H groups in total. The van der Waals surface area contributed by atoms with Crippen LogP contribution in [0, 0.1) is 11.8 Å². The van der Waals surface area contributed by atoms with Crippen LogP contribution in [-0.4, -0.2) is 10.5 Å². The maximum absolute atomic E-state index is 11.8. The minimum absolute atomic E-state index is 0.221. The predicted octanol–water partition coefficient (Wildman–Crippen LogP) is 2.70. The number of rotatable bonds is 1. The fourth-order valence-electron chi connectivity index (χ4n) is 1.93. The molecule has 0 amide bonds. The maximum Gasteiger partial charge on any atom is 0.151 e. The second-order valence-corrected chi connectivity index (χ2v) is 5.03. The van der Waals surface area contributed by atoms with E-state index in [2.05, 4.69) is 26.5 Å². The van der Waals surface area contributed by atoms with E-state index in [1.807, 2.05) is 6.92 Å². The van der Waals surface area contributed by atoms with E-state index in [4.69, 9.17) is 0 Å². The van der Waals surface area contributed by atoms with Crippen molar-refractivity contribution in [3.8, 4) is 0 Å². The summed E-state index contributed by atoms with van der Waals surface area (Å²) in [4.78, 5) is 11.8. The number of carbonyl (C=O) groups is 1. The summed E-state index contributed by atoms with van der Waals surface area (Å²) in [6.07, 6.45) is 3.15. The smallest absolute Gasteiger partial charge is 0.151 e. The lowest BCUT2D eigenvalue weighted by atomic mass is 9.75. The van der Waals surface area contributed by atoms with Crippen LogP contribution in [0.4, 0.5) is 0 Å². The van der Waals surface area contributed by atoms with E-state index in [9.17, 15) is 4.79 Å². The van der Waals surface area contributed by atoms with Gasteiger partial charge in [-0.25, -0.2) is 0 Å². The fraction of sp³-hybridized carbons (Fsp3) is 0.900. The van der Waals surface area contributed by atoms with Crippen molar-refractivity contribution in [2.45, 2.75) is 44.8 Å². The first kappa shape index (κ1) is 10.1. The van der Waals surface area contributed by atoms with Crippen molar-refractivity contribution < 1.29 is 4.79 Å². The molecular formula is C10H18OS. The second kappa shape index (κ2) is 3.41. The third-order valence-corrected chi connectivity index (χ3v) is 3.98. The van der Waals surface area contributed by atoms with E-state index < -0.39 is 0 Å². The molecule has 0 aromatic rings. The Kier molecular flexibility index (Phi) is 2.87. The summed E-state index contributed by atoms with van der Waals surface area (Å²) in [6, 6.07) is 0. The van der Waals surface area contributed by atoms with Gasteiger partial charge in [-0.15, -0.1) is 0 Å². The largest absolute Gasteiger partial charge is 0.298 e. The summed E-state index contributed by atoms with van der Waals surface area (Å²) in [5, 5.41) is 0. The van der Waals surface area contributed by atoms with E-state index in [1.165, 1.54) is 0 Å². The molecule has 0 bridgehead atoms. The first-order valence-corrected chi connectivity index (χ1v) is 5.20. The number of thiol groups is 1. The van der Waals surface area contributed by atoms with Gasteiger partial charge >= 0.3 is 0 Å². The predicted molar refractivity (Wildman–Crippen MR) is 54.6 cm³/mol. The summed E-state index contributed by atoms with van der Waals surface area (Å²) < 4.78 is -0.336. The van der Waals surface area contributed by atoms with E-state index in [0.717, 1.165) is 19.3 Å². The van der Waals surface area contributed by atoms with Crippen molar-refractivity contribution in [1.82, 2.24) is 0 Å². The van der Waals surface area contributed by atoms with Gasteiger partial charge in [0.1, 0.15) is 0 Å². The Morgan fingerprint density at radius 1 is 1.58 bits per heavy atom. The minimum Gasteiger partial charge on any atom is -0.298 e. The summed E-state index contributed by atoms with van der Waals surface area (Å²) >= 11 is 4.55. The molecule has 0 saturated heterocycles. The Hall–Kier alpha value is 0.0200. The van der Waals surface area contributed by atoms with Crippen LogP contribution in [0.25, 0.3) is 0 Å². The molecule has 1 aliphatic carbocycles. The van der Waals surface area contributed by atoms with Gasteiger partial charge in [0.25, 0.3) is 0 Å². The lowest BCUT2D eigenvalue weighted by Gasteiger charge is -2.37. The zero-order valence-electron chi connectivity index (χ0n) is 8.13. The summed E-state index contributed by atoms with van der Waals surface area (Å²) in [6.45, 7) is 6.20. The monoisotopic (exact) mass is 186 g/mol. The van der Waals surface area contributed by atoms with Crippen LogP contribution in [0.15, 0.2) is 0 Å². The summed E-state index contributed by atoms with van der Waals surface area (Å²) in [7, 11) is 0. The van der Waals surface area contributed by atoms with Gasteiger partial charge in [0.15, 0.2) is 5.78 Å². The van der Waals surface area contributed by atoms with Gasteiger partial charge in [-0.05, 0) is 18.8 Å². The van der Waals surface area contributed by atoms with Crippen LogP contribution in [0.5, 0.6) is 0 Å². The average molecular weight is 186 g/mol. The lowest BCUT2D eigenvalue weighted by molar-refractivity contribution is -0.127. The molecule has 1 aliphatic rings. The van der Waals surface area contributed by atoms with Gasteiger partial charge in [-0.3, -0.25) is 4.79 Å². The van der Waals surface area contributed by atoms with Crippen LogP contribution in [-0.2, 0) is 4.79 Å². The first-order valence-electron chi connectivity index (χ1n) is 4.75. The highest BCUT2D eigenvalue weighted by Gasteiger charge is 2.42. The SMILES string of the molecule is CC1CCCC(S)(C(C)C)C1=O. The molecular weight excluding hydrogens is 168 g/mol. The highest BCUT2D eigenvalue weighted by atomic mass is 32.1. The Balaban J connectivity index is 2.81. The number of ketones is 1. The minimum atomic E-state index is -0.336. The highest BCUT2D eigenvalue weighted by Crippen LogP contribution is 2.39. The molecule has 0 aromatic heterocycles. The van der Waals surface area contributed by atoms with Gasteiger partial charge in [-0.2, -0.15) is 12.6 Å². The Morgan fingerprint density at radius 3 is 2.58 bits per heavy atom. The molecule has 0 aliphatic heterocycles. The van der Waals surface area contributed by atoms with Crippen molar-refractivity contribution in [2.24, 2.45) is 11.8 Å². The van der Waals surface area contributed by atoms with Gasteiger partial charge in [0, 0.05) is 5.92 Å². The third kappa shape index (κ3) is 1.54. The van der Waals surface area contributed by atoms with Gasteiger partial charge in [-0.1, -0.05) is 27.2 Å². The molecule has 2 unspecified atom stereocenters. The topological polar surface area (TPSA) is 17.1 Å². The molecule has 2 heteroatoms. The van der Waals surface area contributed by atoms with Crippen LogP contribution in [0.3, 0.4) is 0 Å². The van der Waals surface area contributed by atoms with Gasteiger partial charge in [0.05, 0.1) is 4.75 Å². The van der Waals surface area contributed by atoms with Gasteiger partial charge < -0.3 is 0 Å². The molecule has 0 spiro atoms. The second-order valence-electron chi connectivity index (χ2n) is 4.24. The van der Waals surface area contributed by atoms with Gasteiger partial charge in [0.2, 0.25) is 0 Å². The first-order chi connectivity index (χ1) is 5.48. The molecule has 0 heterocycles. The quantitative estimate of drug-likeness (QED) is 0.623. The van der Waals surface area contributed by atoms with Crippen molar-refractivity contribution in [2.75, 3.05) is 0 Å². The highest BCUT2D eigenvalue weighted by molar-refractivity contribution is 7.82. The fourth-order valence-corrected chi connectivity index (χ4v) is 2.31. The van der Waals surface area contributed by atoms with Crippen molar-refractivity contribution in [3.05, 3.63) is 0 Å². The van der Waals surface area contributed by atoms with Crippen LogP contribution in [0.1, 0.15) is 40.0 Å². The number of carbonyl (C=O) groups excluding carboxylic acids is 1. The Morgan fingerprint density at radius 2 is 2.17 bits per heavy atom. The normalized spacial score (nSPS) is 37.4. The zero-order chi connectivity index (χ0) is 9.35. The molecule has 12 heavy (non-hydrogen) atoms. The molecule has 1 nitrogen and oxygen atoms in total. The molecule has 1 saturated carbocycles. The van der Waals surface area contributed by atoms with Crippen molar-refractivity contribution in [3.63, 3.8) is 0 Å². The Labute approximate surface area is 80.3 Å². The molecule has 1 fully saturated rings. The Bertz CT molecular complexity index is 188.